The highest BCUT2D eigenvalue weighted by Gasteiger charge is 2.24. The fraction of sp³-hybridized carbons (Fsp3) is 0.583. The van der Waals surface area contributed by atoms with Gasteiger partial charge >= 0.3 is 0 Å². The highest BCUT2D eigenvalue weighted by Crippen LogP contribution is 2.19. The van der Waals surface area contributed by atoms with Gasteiger partial charge in [0.2, 0.25) is 0 Å². The van der Waals surface area contributed by atoms with Crippen LogP contribution >= 0.6 is 0 Å². The number of aromatic nitrogens is 1. The summed E-state index contributed by atoms with van der Waals surface area (Å²) in [5.41, 5.74) is 2.03. The van der Waals surface area contributed by atoms with E-state index in [2.05, 4.69) is 17.2 Å². The molecule has 0 saturated carbocycles. The molecule has 0 amide bonds. The van der Waals surface area contributed by atoms with Crippen LogP contribution in [0.4, 0.5) is 0 Å². The number of hydrogen-bond acceptors (Lipinski definition) is 3. The molecule has 1 aliphatic heterocycles. The summed E-state index contributed by atoms with van der Waals surface area (Å²) >= 11 is 0. The number of rotatable bonds is 2. The number of aryl methyl sites for hydroxylation is 2. The van der Waals surface area contributed by atoms with Crippen molar-refractivity contribution in [2.45, 2.75) is 39.3 Å². The molecule has 2 heterocycles. The minimum absolute atomic E-state index is 0.297. The van der Waals surface area contributed by atoms with Gasteiger partial charge in [0.1, 0.15) is 11.9 Å². The SMILES string of the molecule is Cc1cc(O[C@@H]2CCN[C@H]2C)cc(C)n1. The van der Waals surface area contributed by atoms with Gasteiger partial charge in [0.05, 0.1) is 0 Å². The molecule has 1 fully saturated rings. The molecule has 1 aliphatic rings. The Morgan fingerprint density at radius 3 is 2.53 bits per heavy atom. The van der Waals surface area contributed by atoms with E-state index in [-0.39, 0.29) is 0 Å². The molecule has 0 aromatic carbocycles. The Hall–Kier alpha value is -1.09. The average Bonchev–Trinajstić information content (AvgIpc) is 2.50. The lowest BCUT2D eigenvalue weighted by molar-refractivity contribution is 0.192. The number of hydrogen-bond donors (Lipinski definition) is 1. The lowest BCUT2D eigenvalue weighted by Crippen LogP contribution is -2.30. The first-order valence-electron chi connectivity index (χ1n) is 5.50. The Morgan fingerprint density at radius 1 is 1.33 bits per heavy atom. The second kappa shape index (κ2) is 4.19. The van der Waals surface area contributed by atoms with E-state index >= 15 is 0 Å². The van der Waals surface area contributed by atoms with E-state index in [1.807, 2.05) is 26.0 Å². The van der Waals surface area contributed by atoms with Crippen LogP contribution in [0.5, 0.6) is 5.75 Å². The zero-order valence-electron chi connectivity index (χ0n) is 9.58. The van der Waals surface area contributed by atoms with Crippen LogP contribution in [0.2, 0.25) is 0 Å². The summed E-state index contributed by atoms with van der Waals surface area (Å²) in [6.07, 6.45) is 1.38. The normalized spacial score (nSPS) is 25.5. The third kappa shape index (κ3) is 2.48. The van der Waals surface area contributed by atoms with E-state index in [1.54, 1.807) is 0 Å². The molecule has 2 atom stereocenters. The summed E-state index contributed by atoms with van der Waals surface area (Å²) < 4.78 is 5.95. The van der Waals surface area contributed by atoms with Gasteiger partial charge in [-0.3, -0.25) is 4.98 Å². The summed E-state index contributed by atoms with van der Waals surface area (Å²) in [6, 6.07) is 4.44. The van der Waals surface area contributed by atoms with Crippen molar-refractivity contribution in [1.29, 1.82) is 0 Å². The lowest BCUT2D eigenvalue weighted by Gasteiger charge is -2.18. The molecule has 0 spiro atoms. The van der Waals surface area contributed by atoms with Crippen molar-refractivity contribution in [3.63, 3.8) is 0 Å². The zero-order valence-corrected chi connectivity index (χ0v) is 9.58. The molecular weight excluding hydrogens is 188 g/mol. The minimum atomic E-state index is 0.297. The Kier molecular flexibility index (Phi) is 2.91. The monoisotopic (exact) mass is 206 g/mol. The van der Waals surface area contributed by atoms with Crippen LogP contribution in [0.1, 0.15) is 24.7 Å². The second-order valence-electron chi connectivity index (χ2n) is 4.27. The lowest BCUT2D eigenvalue weighted by atomic mass is 10.2. The van der Waals surface area contributed by atoms with Gasteiger partial charge in [0.15, 0.2) is 0 Å². The van der Waals surface area contributed by atoms with E-state index in [0.29, 0.717) is 12.1 Å². The molecule has 0 radical (unpaired) electrons. The Labute approximate surface area is 90.9 Å². The highest BCUT2D eigenvalue weighted by molar-refractivity contribution is 5.26. The van der Waals surface area contributed by atoms with Crippen LogP contribution in [0.15, 0.2) is 12.1 Å². The molecule has 3 nitrogen and oxygen atoms in total. The molecule has 0 unspecified atom stereocenters. The van der Waals surface area contributed by atoms with E-state index in [9.17, 15) is 0 Å². The third-order valence-corrected chi connectivity index (χ3v) is 2.80. The predicted octanol–water partition coefficient (Wildman–Crippen LogP) is 1.83. The van der Waals surface area contributed by atoms with Crippen molar-refractivity contribution >= 4 is 0 Å². The van der Waals surface area contributed by atoms with Crippen molar-refractivity contribution in [1.82, 2.24) is 10.3 Å². The van der Waals surface area contributed by atoms with Gasteiger partial charge in [-0.25, -0.2) is 0 Å². The van der Waals surface area contributed by atoms with Gasteiger partial charge in [0, 0.05) is 29.6 Å². The van der Waals surface area contributed by atoms with Crippen molar-refractivity contribution in [3.8, 4) is 5.75 Å². The molecule has 82 valence electrons. The molecule has 1 saturated heterocycles. The van der Waals surface area contributed by atoms with Crippen LogP contribution in [-0.2, 0) is 0 Å². The standard InChI is InChI=1S/C12H18N2O/c1-8-6-11(7-9(2)14-8)15-12-4-5-13-10(12)3/h6-7,10,12-13H,4-5H2,1-3H3/t10-,12+/m0/s1. The summed E-state index contributed by atoms with van der Waals surface area (Å²) in [7, 11) is 0. The fourth-order valence-electron chi connectivity index (χ4n) is 2.03. The molecule has 1 N–H and O–H groups in total. The maximum Gasteiger partial charge on any atom is 0.123 e. The maximum absolute atomic E-state index is 5.95. The molecule has 1 aromatic heterocycles. The van der Waals surface area contributed by atoms with Crippen LogP contribution in [0.3, 0.4) is 0 Å². The van der Waals surface area contributed by atoms with E-state index in [0.717, 1.165) is 30.1 Å². The first kappa shape index (κ1) is 10.4. The van der Waals surface area contributed by atoms with Crippen LogP contribution < -0.4 is 10.1 Å². The summed E-state index contributed by atoms with van der Waals surface area (Å²) in [6.45, 7) is 7.21. The maximum atomic E-state index is 5.95. The van der Waals surface area contributed by atoms with Crippen LogP contribution in [0.25, 0.3) is 0 Å². The number of nitrogens with zero attached hydrogens (tertiary/aromatic N) is 1. The first-order chi connectivity index (χ1) is 7.15. The highest BCUT2D eigenvalue weighted by atomic mass is 16.5. The Bertz CT molecular complexity index is 331. The summed E-state index contributed by atoms with van der Waals surface area (Å²) in [4.78, 5) is 4.33. The second-order valence-corrected chi connectivity index (χ2v) is 4.27. The molecule has 2 rings (SSSR count). The van der Waals surface area contributed by atoms with Gasteiger partial charge < -0.3 is 10.1 Å². The molecule has 0 aliphatic carbocycles. The van der Waals surface area contributed by atoms with Gasteiger partial charge in [-0.15, -0.1) is 0 Å². The van der Waals surface area contributed by atoms with Crippen molar-refractivity contribution in [2.24, 2.45) is 0 Å². The van der Waals surface area contributed by atoms with Gasteiger partial charge in [-0.2, -0.15) is 0 Å². The molecule has 1 aromatic rings. The number of ether oxygens (including phenoxy) is 1. The Balaban J connectivity index is 2.10. The molecule has 0 bridgehead atoms. The van der Waals surface area contributed by atoms with Gasteiger partial charge in [-0.05, 0) is 33.7 Å². The van der Waals surface area contributed by atoms with E-state index in [1.165, 1.54) is 0 Å². The average molecular weight is 206 g/mol. The quantitative estimate of drug-likeness (QED) is 0.801. The van der Waals surface area contributed by atoms with Gasteiger partial charge in [-0.1, -0.05) is 0 Å². The molecule has 3 heteroatoms. The third-order valence-electron chi connectivity index (χ3n) is 2.80. The van der Waals surface area contributed by atoms with Crippen LogP contribution in [0, 0.1) is 13.8 Å². The summed E-state index contributed by atoms with van der Waals surface area (Å²) in [5.74, 6) is 0.945. The Morgan fingerprint density at radius 2 is 2.00 bits per heavy atom. The topological polar surface area (TPSA) is 34.1 Å². The smallest absolute Gasteiger partial charge is 0.123 e. The molecular formula is C12H18N2O. The summed E-state index contributed by atoms with van der Waals surface area (Å²) in [5, 5.41) is 3.38. The number of pyridine rings is 1. The minimum Gasteiger partial charge on any atom is -0.489 e. The molecule has 15 heavy (non-hydrogen) atoms. The first-order valence-corrected chi connectivity index (χ1v) is 5.50. The van der Waals surface area contributed by atoms with Crippen LogP contribution in [-0.4, -0.2) is 23.7 Å². The van der Waals surface area contributed by atoms with E-state index < -0.39 is 0 Å². The van der Waals surface area contributed by atoms with Crippen molar-refractivity contribution < 1.29 is 4.74 Å². The zero-order chi connectivity index (χ0) is 10.8. The fourth-order valence-corrected chi connectivity index (χ4v) is 2.03. The van der Waals surface area contributed by atoms with E-state index in [4.69, 9.17) is 4.74 Å². The number of nitrogens with one attached hydrogen (secondary N) is 1. The predicted molar refractivity (Wildman–Crippen MR) is 60.2 cm³/mol. The van der Waals surface area contributed by atoms with Crippen molar-refractivity contribution in [3.05, 3.63) is 23.5 Å². The van der Waals surface area contributed by atoms with Crippen molar-refractivity contribution in [2.75, 3.05) is 6.54 Å². The largest absolute Gasteiger partial charge is 0.489 e. The van der Waals surface area contributed by atoms with Gasteiger partial charge in [0.25, 0.3) is 0 Å².